The highest BCUT2D eigenvalue weighted by molar-refractivity contribution is 7.26. The predicted molar refractivity (Wildman–Crippen MR) is 172 cm³/mol. The summed E-state index contributed by atoms with van der Waals surface area (Å²) in [6.07, 6.45) is 0.979. The second-order valence-electron chi connectivity index (χ2n) is 11.2. The van der Waals surface area contributed by atoms with E-state index in [4.69, 9.17) is 0 Å². The number of benzene rings is 6. The fourth-order valence-corrected chi connectivity index (χ4v) is 8.02. The second-order valence-corrected chi connectivity index (χ2v) is 12.2. The Hall–Kier alpha value is -5.12. The molecule has 0 unspecified atom stereocenters. The van der Waals surface area contributed by atoms with Crippen molar-refractivity contribution in [3.8, 4) is 33.4 Å². The normalized spacial score (nSPS) is 13.2. The van der Waals surface area contributed by atoms with Crippen molar-refractivity contribution in [2.24, 2.45) is 0 Å². The fourth-order valence-electron chi connectivity index (χ4n) is 6.80. The van der Waals surface area contributed by atoms with Gasteiger partial charge in [0.15, 0.2) is 11.6 Å². The fraction of sp³-hybridized carbons (Fsp3) is 0.0256. The molecule has 42 heavy (non-hydrogen) atoms. The minimum atomic E-state index is -0.0901. The van der Waals surface area contributed by atoms with Crippen molar-refractivity contribution in [3.05, 3.63) is 155 Å². The molecule has 1 heterocycles. The van der Waals surface area contributed by atoms with Crippen LogP contribution in [0.2, 0.25) is 0 Å². The average Bonchev–Trinajstić information content (AvgIpc) is 3.61. The standard InChI is InChI=1S/C39H22O2S/c40-37-30-8-3-4-9-31(30)38(41)35-21-25(13-16-32(35)37)29-10-5-11-33-34-20-23(14-17-36(34)42-39(29)33)22-12-15-28-26(18-22)19-24-6-1-2-7-27(24)28/h1-18,20-21H,19H2. The van der Waals surface area contributed by atoms with Crippen molar-refractivity contribution < 1.29 is 9.59 Å². The number of fused-ring (bicyclic) bond motifs is 8. The van der Waals surface area contributed by atoms with Gasteiger partial charge >= 0.3 is 0 Å². The van der Waals surface area contributed by atoms with E-state index < -0.39 is 0 Å². The third-order valence-electron chi connectivity index (χ3n) is 8.86. The number of rotatable bonds is 2. The highest BCUT2D eigenvalue weighted by atomic mass is 32.1. The molecular formula is C39H22O2S. The van der Waals surface area contributed by atoms with Crippen LogP contribution in [0, 0.1) is 0 Å². The quantitative estimate of drug-likeness (QED) is 0.213. The maximum atomic E-state index is 13.4. The third-order valence-corrected chi connectivity index (χ3v) is 10.1. The molecule has 2 aliphatic carbocycles. The Morgan fingerprint density at radius 3 is 1.90 bits per heavy atom. The van der Waals surface area contributed by atoms with Gasteiger partial charge in [-0.15, -0.1) is 11.3 Å². The first-order chi connectivity index (χ1) is 20.6. The Bertz CT molecular complexity index is 2320. The number of hydrogen-bond acceptors (Lipinski definition) is 3. The molecule has 7 aromatic rings. The van der Waals surface area contributed by atoms with Crippen LogP contribution in [0.25, 0.3) is 53.6 Å². The van der Waals surface area contributed by atoms with Crippen LogP contribution < -0.4 is 0 Å². The molecule has 9 rings (SSSR count). The first-order valence-corrected chi connectivity index (χ1v) is 15.0. The Kier molecular flexibility index (Phi) is 4.88. The van der Waals surface area contributed by atoms with Gasteiger partial charge in [-0.3, -0.25) is 9.59 Å². The van der Waals surface area contributed by atoms with E-state index >= 15 is 0 Å². The zero-order chi connectivity index (χ0) is 27.9. The summed E-state index contributed by atoms with van der Waals surface area (Å²) in [6, 6.07) is 41.5. The first-order valence-electron chi connectivity index (χ1n) is 14.1. The van der Waals surface area contributed by atoms with Crippen LogP contribution >= 0.6 is 11.3 Å². The molecule has 0 saturated carbocycles. The number of thiophene rings is 1. The van der Waals surface area contributed by atoms with E-state index in [2.05, 4.69) is 78.9 Å². The predicted octanol–water partition coefficient (Wildman–Crippen LogP) is 9.74. The van der Waals surface area contributed by atoms with E-state index in [1.54, 1.807) is 29.5 Å². The van der Waals surface area contributed by atoms with Crippen molar-refractivity contribution in [2.45, 2.75) is 6.42 Å². The number of hydrogen-bond donors (Lipinski definition) is 0. The molecule has 2 nitrogen and oxygen atoms in total. The highest BCUT2D eigenvalue weighted by Crippen LogP contribution is 2.43. The van der Waals surface area contributed by atoms with Crippen LogP contribution in [0.1, 0.15) is 43.0 Å². The van der Waals surface area contributed by atoms with Crippen molar-refractivity contribution in [3.63, 3.8) is 0 Å². The molecule has 0 atom stereocenters. The zero-order valence-corrected chi connectivity index (χ0v) is 23.3. The molecule has 0 fully saturated rings. The summed E-state index contributed by atoms with van der Waals surface area (Å²) in [7, 11) is 0. The van der Waals surface area contributed by atoms with Gasteiger partial charge < -0.3 is 0 Å². The van der Waals surface area contributed by atoms with Crippen LogP contribution in [0.15, 0.2) is 121 Å². The Balaban J connectivity index is 1.14. The summed E-state index contributed by atoms with van der Waals surface area (Å²) in [5.74, 6) is -0.178. The molecule has 0 spiro atoms. The van der Waals surface area contributed by atoms with Crippen molar-refractivity contribution in [1.82, 2.24) is 0 Å². The maximum absolute atomic E-state index is 13.4. The molecular weight excluding hydrogens is 532 g/mol. The SMILES string of the molecule is O=C1c2ccccc2C(=O)c2cc(-c3cccc4c3sc3ccc(-c5ccc6c(c5)Cc5ccccc5-6)cc34)ccc21. The molecule has 3 heteroatoms. The number of ketones is 2. The van der Waals surface area contributed by atoms with Crippen molar-refractivity contribution >= 4 is 43.1 Å². The van der Waals surface area contributed by atoms with Crippen LogP contribution in [0.3, 0.4) is 0 Å². The van der Waals surface area contributed by atoms with Gasteiger partial charge in [-0.1, -0.05) is 97.1 Å². The zero-order valence-electron chi connectivity index (χ0n) is 22.5. The first kappa shape index (κ1) is 23.6. The van der Waals surface area contributed by atoms with Crippen LogP contribution in [-0.2, 0) is 6.42 Å². The lowest BCUT2D eigenvalue weighted by molar-refractivity contribution is 0.0979. The lowest BCUT2D eigenvalue weighted by atomic mass is 9.83. The van der Waals surface area contributed by atoms with Gasteiger partial charge in [-0.05, 0) is 75.2 Å². The Morgan fingerprint density at radius 2 is 1.05 bits per heavy atom. The average molecular weight is 555 g/mol. The van der Waals surface area contributed by atoms with Gasteiger partial charge in [-0.2, -0.15) is 0 Å². The topological polar surface area (TPSA) is 34.1 Å². The Labute approximate surface area is 246 Å². The summed E-state index contributed by atoms with van der Waals surface area (Å²) in [5.41, 5.74) is 11.9. The summed E-state index contributed by atoms with van der Waals surface area (Å²) in [5, 5.41) is 2.43. The maximum Gasteiger partial charge on any atom is 0.194 e. The molecule has 0 aliphatic heterocycles. The van der Waals surface area contributed by atoms with Gasteiger partial charge in [0.25, 0.3) is 0 Å². The van der Waals surface area contributed by atoms with Gasteiger partial charge in [0.1, 0.15) is 0 Å². The van der Waals surface area contributed by atoms with E-state index in [-0.39, 0.29) is 11.6 Å². The smallest absolute Gasteiger partial charge is 0.194 e. The summed E-state index contributed by atoms with van der Waals surface area (Å²) in [6.45, 7) is 0. The molecule has 1 aromatic heterocycles. The Morgan fingerprint density at radius 1 is 0.429 bits per heavy atom. The van der Waals surface area contributed by atoms with E-state index in [1.807, 2.05) is 24.3 Å². The van der Waals surface area contributed by atoms with Crippen molar-refractivity contribution in [2.75, 3.05) is 0 Å². The monoisotopic (exact) mass is 554 g/mol. The summed E-state index contributed by atoms with van der Waals surface area (Å²) < 4.78 is 2.41. The van der Waals surface area contributed by atoms with Crippen molar-refractivity contribution in [1.29, 1.82) is 0 Å². The molecule has 0 radical (unpaired) electrons. The lowest BCUT2D eigenvalue weighted by Crippen LogP contribution is -2.20. The van der Waals surface area contributed by atoms with Crippen LogP contribution in [0.4, 0.5) is 0 Å². The number of carbonyl (C=O) groups is 2. The summed E-state index contributed by atoms with van der Waals surface area (Å²) in [4.78, 5) is 26.5. The van der Waals surface area contributed by atoms with Gasteiger partial charge in [0.05, 0.1) is 0 Å². The largest absolute Gasteiger partial charge is 0.289 e. The minimum absolute atomic E-state index is 0.0882. The van der Waals surface area contributed by atoms with E-state index in [0.717, 1.165) is 17.5 Å². The number of carbonyl (C=O) groups excluding carboxylic acids is 2. The molecule has 2 aliphatic rings. The van der Waals surface area contributed by atoms with Gasteiger partial charge in [0.2, 0.25) is 0 Å². The van der Waals surface area contributed by atoms with Crippen LogP contribution in [0.5, 0.6) is 0 Å². The summed E-state index contributed by atoms with van der Waals surface area (Å²) >= 11 is 1.77. The van der Waals surface area contributed by atoms with E-state index in [9.17, 15) is 9.59 Å². The van der Waals surface area contributed by atoms with Gasteiger partial charge in [0, 0.05) is 42.4 Å². The molecule has 0 saturated heterocycles. The highest BCUT2D eigenvalue weighted by Gasteiger charge is 2.29. The third kappa shape index (κ3) is 3.32. The van der Waals surface area contributed by atoms with Gasteiger partial charge in [-0.25, -0.2) is 0 Å². The molecule has 0 bridgehead atoms. The molecule has 0 N–H and O–H groups in total. The lowest BCUT2D eigenvalue weighted by Gasteiger charge is -2.18. The molecule has 196 valence electrons. The minimum Gasteiger partial charge on any atom is -0.289 e. The van der Waals surface area contributed by atoms with E-state index in [0.29, 0.717) is 22.3 Å². The second kappa shape index (κ2) is 8.69. The molecule has 0 amide bonds. The van der Waals surface area contributed by atoms with Crippen LogP contribution in [-0.4, -0.2) is 11.6 Å². The molecule has 6 aromatic carbocycles. The van der Waals surface area contributed by atoms with E-state index in [1.165, 1.54) is 53.6 Å².